The number of phenolic OH excluding ortho intramolecular Hbond substituents is 2. The molecule has 10 nitrogen and oxygen atoms in total. The highest BCUT2D eigenvalue weighted by Crippen LogP contribution is 2.42. The minimum Gasteiger partial charge on any atom is -0.504 e. The summed E-state index contributed by atoms with van der Waals surface area (Å²) >= 11 is 0. The van der Waals surface area contributed by atoms with E-state index in [1.54, 1.807) is 24.3 Å². The molecule has 0 amide bonds. The van der Waals surface area contributed by atoms with E-state index >= 15 is 0 Å². The fraction of sp³-hybridized carbons (Fsp3) is 0.318. The number of hydrogen-bond donors (Lipinski definition) is 5. The number of rotatable bonds is 4. The first-order valence-corrected chi connectivity index (χ1v) is 9.74. The summed E-state index contributed by atoms with van der Waals surface area (Å²) in [6, 6.07) is 9.08. The van der Waals surface area contributed by atoms with E-state index in [9.17, 15) is 30.3 Å². The van der Waals surface area contributed by atoms with Crippen LogP contribution in [0.15, 0.2) is 45.6 Å². The van der Waals surface area contributed by atoms with Gasteiger partial charge in [0.05, 0.1) is 13.2 Å². The molecule has 0 aliphatic carbocycles. The minimum absolute atomic E-state index is 0.0902. The number of aliphatic hydroxyl groups excluding tert-OH is 3. The Morgan fingerprint density at radius 2 is 1.62 bits per heavy atom. The van der Waals surface area contributed by atoms with Crippen LogP contribution in [-0.2, 0) is 4.74 Å². The first kappa shape index (κ1) is 21.9. The van der Waals surface area contributed by atoms with Crippen molar-refractivity contribution >= 4 is 11.0 Å². The zero-order valence-electron chi connectivity index (χ0n) is 17.1. The highest BCUT2D eigenvalue weighted by atomic mass is 16.7. The predicted octanol–water partition coefficient (Wildman–Crippen LogP) is 1.09. The Hall–Kier alpha value is -3.31. The first-order valence-electron chi connectivity index (χ1n) is 9.74. The zero-order chi connectivity index (χ0) is 23.2. The van der Waals surface area contributed by atoms with Crippen LogP contribution >= 0.6 is 0 Å². The van der Waals surface area contributed by atoms with Crippen LogP contribution in [0.2, 0.25) is 0 Å². The van der Waals surface area contributed by atoms with Crippen molar-refractivity contribution in [2.45, 2.75) is 37.6 Å². The van der Waals surface area contributed by atoms with Gasteiger partial charge in [-0.05, 0) is 31.2 Å². The van der Waals surface area contributed by atoms with Gasteiger partial charge < -0.3 is 44.2 Å². The second-order valence-corrected chi connectivity index (χ2v) is 7.45. The Morgan fingerprint density at radius 1 is 0.938 bits per heavy atom. The molecule has 0 bridgehead atoms. The van der Waals surface area contributed by atoms with E-state index in [-0.39, 0.29) is 22.5 Å². The molecule has 1 saturated heterocycles. The summed E-state index contributed by atoms with van der Waals surface area (Å²) in [6.07, 6.45) is -6.89. The highest BCUT2D eigenvalue weighted by molar-refractivity contribution is 5.89. The summed E-state index contributed by atoms with van der Waals surface area (Å²) in [5, 5.41) is 50.4. The standard InChI is InChI=1S/C22H22O10/c1-9-17(24)20(27)21(28)22(30-9)32-15-8-14-16(19(26)18(15)25)12(23)7-13(31-14)10-3-5-11(29-2)6-4-10/h3-9,17,20-22,24-28H,1-2H3/t9-,17-,20-,21-,22+/m1/s1. The van der Waals surface area contributed by atoms with E-state index in [0.717, 1.165) is 6.07 Å². The fourth-order valence-electron chi connectivity index (χ4n) is 3.49. The summed E-state index contributed by atoms with van der Waals surface area (Å²) in [5.74, 6) is -1.09. The third-order valence-corrected chi connectivity index (χ3v) is 5.36. The van der Waals surface area contributed by atoms with E-state index in [2.05, 4.69) is 0 Å². The molecule has 0 radical (unpaired) electrons. The topological polar surface area (TPSA) is 159 Å². The third kappa shape index (κ3) is 3.73. The van der Waals surface area contributed by atoms with Gasteiger partial charge in [-0.15, -0.1) is 0 Å². The number of ether oxygens (including phenoxy) is 3. The average Bonchev–Trinajstić information content (AvgIpc) is 2.78. The molecule has 5 N–H and O–H groups in total. The van der Waals surface area contributed by atoms with Crippen molar-refractivity contribution in [2.24, 2.45) is 0 Å². The molecule has 3 aromatic rings. The van der Waals surface area contributed by atoms with Crippen LogP contribution in [0.3, 0.4) is 0 Å². The number of fused-ring (bicyclic) bond motifs is 1. The van der Waals surface area contributed by atoms with Gasteiger partial charge in [-0.3, -0.25) is 4.79 Å². The number of aromatic hydroxyl groups is 2. The quantitative estimate of drug-likeness (QED) is 0.367. The minimum atomic E-state index is -1.64. The lowest BCUT2D eigenvalue weighted by Crippen LogP contribution is -2.58. The van der Waals surface area contributed by atoms with Crippen molar-refractivity contribution in [3.8, 4) is 34.3 Å². The van der Waals surface area contributed by atoms with Gasteiger partial charge in [-0.25, -0.2) is 0 Å². The molecule has 5 atom stereocenters. The average molecular weight is 446 g/mol. The predicted molar refractivity (Wildman–Crippen MR) is 111 cm³/mol. The second-order valence-electron chi connectivity index (χ2n) is 7.45. The van der Waals surface area contributed by atoms with E-state index in [4.69, 9.17) is 18.6 Å². The van der Waals surface area contributed by atoms with Crippen LogP contribution < -0.4 is 14.9 Å². The third-order valence-electron chi connectivity index (χ3n) is 5.36. The Balaban J connectivity index is 1.75. The number of methoxy groups -OCH3 is 1. The van der Waals surface area contributed by atoms with Gasteiger partial charge in [0.2, 0.25) is 12.0 Å². The molecular formula is C22H22O10. The van der Waals surface area contributed by atoms with Crippen molar-refractivity contribution in [3.63, 3.8) is 0 Å². The first-order chi connectivity index (χ1) is 15.2. The molecule has 1 fully saturated rings. The summed E-state index contributed by atoms with van der Waals surface area (Å²) in [6.45, 7) is 1.47. The SMILES string of the molecule is COc1ccc(-c2cc(=O)c3c(O)c(O)c(O[C@@H]4O[C@H](C)[C@@H](O)[C@@H](O)[C@H]4O)cc3o2)cc1. The number of aliphatic hydroxyl groups is 3. The molecule has 2 aromatic carbocycles. The maximum atomic E-state index is 12.6. The molecule has 1 aliphatic heterocycles. The Bertz CT molecular complexity index is 1190. The van der Waals surface area contributed by atoms with Crippen molar-refractivity contribution in [1.82, 2.24) is 0 Å². The van der Waals surface area contributed by atoms with Gasteiger partial charge in [0.1, 0.15) is 40.8 Å². The highest BCUT2D eigenvalue weighted by Gasteiger charge is 2.43. The van der Waals surface area contributed by atoms with Crippen molar-refractivity contribution in [3.05, 3.63) is 46.6 Å². The maximum Gasteiger partial charge on any atom is 0.229 e. The van der Waals surface area contributed by atoms with Crippen LogP contribution in [0.25, 0.3) is 22.3 Å². The Morgan fingerprint density at radius 3 is 2.28 bits per heavy atom. The molecule has 32 heavy (non-hydrogen) atoms. The summed E-state index contributed by atoms with van der Waals surface area (Å²) < 4.78 is 21.7. The number of hydrogen-bond acceptors (Lipinski definition) is 10. The lowest BCUT2D eigenvalue weighted by atomic mass is 10.00. The lowest BCUT2D eigenvalue weighted by Gasteiger charge is -2.38. The van der Waals surface area contributed by atoms with Crippen molar-refractivity contribution in [2.75, 3.05) is 7.11 Å². The largest absolute Gasteiger partial charge is 0.504 e. The van der Waals surface area contributed by atoms with Crippen LogP contribution in [-0.4, -0.2) is 63.3 Å². The molecule has 0 saturated carbocycles. The molecule has 0 spiro atoms. The molecule has 10 heteroatoms. The molecular weight excluding hydrogens is 424 g/mol. The maximum absolute atomic E-state index is 12.6. The Kier molecular flexibility index (Phi) is 5.70. The number of phenols is 2. The Labute approximate surface area is 181 Å². The van der Waals surface area contributed by atoms with E-state index in [0.29, 0.717) is 11.3 Å². The summed E-state index contributed by atoms with van der Waals surface area (Å²) in [7, 11) is 1.52. The molecule has 4 rings (SSSR count). The molecule has 1 aliphatic rings. The van der Waals surface area contributed by atoms with Crippen LogP contribution in [0, 0.1) is 0 Å². The zero-order valence-corrected chi connectivity index (χ0v) is 17.1. The van der Waals surface area contributed by atoms with Gasteiger partial charge in [0, 0.05) is 17.7 Å². The summed E-state index contributed by atoms with van der Waals surface area (Å²) in [4.78, 5) is 12.6. The van der Waals surface area contributed by atoms with Gasteiger partial charge in [0.25, 0.3) is 0 Å². The van der Waals surface area contributed by atoms with Crippen LogP contribution in [0.5, 0.6) is 23.0 Å². The van der Waals surface area contributed by atoms with Crippen molar-refractivity contribution in [1.29, 1.82) is 0 Å². The van der Waals surface area contributed by atoms with Gasteiger partial charge in [-0.1, -0.05) is 0 Å². The van der Waals surface area contributed by atoms with E-state index < -0.39 is 47.6 Å². The van der Waals surface area contributed by atoms with Crippen LogP contribution in [0.4, 0.5) is 0 Å². The fourth-order valence-corrected chi connectivity index (χ4v) is 3.49. The smallest absolute Gasteiger partial charge is 0.229 e. The normalized spacial score (nSPS) is 25.6. The van der Waals surface area contributed by atoms with E-state index in [1.807, 2.05) is 0 Å². The monoisotopic (exact) mass is 446 g/mol. The molecule has 170 valence electrons. The van der Waals surface area contributed by atoms with E-state index in [1.165, 1.54) is 20.1 Å². The second kappa shape index (κ2) is 8.32. The molecule has 2 heterocycles. The molecule has 1 aromatic heterocycles. The molecule has 0 unspecified atom stereocenters. The van der Waals surface area contributed by atoms with Gasteiger partial charge in [-0.2, -0.15) is 0 Å². The van der Waals surface area contributed by atoms with Gasteiger partial charge in [0.15, 0.2) is 16.9 Å². The summed E-state index contributed by atoms with van der Waals surface area (Å²) in [5.41, 5.74) is -0.123. The van der Waals surface area contributed by atoms with Crippen molar-refractivity contribution < 1.29 is 44.2 Å². The van der Waals surface area contributed by atoms with Crippen LogP contribution in [0.1, 0.15) is 6.92 Å². The van der Waals surface area contributed by atoms with Gasteiger partial charge >= 0.3 is 0 Å². The lowest BCUT2D eigenvalue weighted by molar-refractivity contribution is -0.268. The number of benzene rings is 2.